The van der Waals surface area contributed by atoms with Gasteiger partial charge in [-0.05, 0) is 43.9 Å². The average molecular weight is 294 g/mol. The predicted molar refractivity (Wildman–Crippen MR) is 93.7 cm³/mol. The van der Waals surface area contributed by atoms with E-state index in [1.54, 1.807) is 0 Å². The normalized spacial score (nSPS) is 34.9. The predicted octanol–water partition coefficient (Wildman–Crippen LogP) is 6.07. The summed E-state index contributed by atoms with van der Waals surface area (Å²) in [6, 6.07) is 1.62. The third-order valence-corrected chi connectivity index (χ3v) is 5.76. The summed E-state index contributed by atoms with van der Waals surface area (Å²) in [7, 11) is 0. The molecule has 0 aromatic carbocycles. The van der Waals surface area contributed by atoms with Crippen molar-refractivity contribution in [2.24, 2.45) is 11.8 Å². The molecule has 2 rings (SSSR count). The second-order valence-electron chi connectivity index (χ2n) is 8.24. The zero-order valence-corrected chi connectivity index (χ0v) is 14.7. The minimum atomic E-state index is 0.807. The first-order valence-corrected chi connectivity index (χ1v) is 10.00. The maximum absolute atomic E-state index is 4.07. The summed E-state index contributed by atoms with van der Waals surface area (Å²) >= 11 is 0. The van der Waals surface area contributed by atoms with Crippen LogP contribution < -0.4 is 5.32 Å². The van der Waals surface area contributed by atoms with Gasteiger partial charge >= 0.3 is 0 Å². The molecule has 1 heteroatoms. The van der Waals surface area contributed by atoms with Gasteiger partial charge in [0.25, 0.3) is 0 Å². The first kappa shape index (κ1) is 17.3. The molecule has 2 saturated carbocycles. The summed E-state index contributed by atoms with van der Waals surface area (Å²) in [6.45, 7) is 4.90. The molecule has 0 aromatic rings. The first-order chi connectivity index (χ1) is 10.2. The molecule has 124 valence electrons. The molecule has 0 aromatic heterocycles. The van der Waals surface area contributed by atoms with E-state index in [9.17, 15) is 0 Å². The Kier molecular flexibility index (Phi) is 8.14. The highest BCUT2D eigenvalue weighted by Gasteiger charge is 2.25. The second-order valence-corrected chi connectivity index (χ2v) is 8.24. The van der Waals surface area contributed by atoms with Crippen molar-refractivity contribution in [1.29, 1.82) is 0 Å². The quantitative estimate of drug-likeness (QED) is 0.651. The van der Waals surface area contributed by atoms with Gasteiger partial charge in [-0.3, -0.25) is 0 Å². The molecule has 21 heavy (non-hydrogen) atoms. The summed E-state index contributed by atoms with van der Waals surface area (Å²) in [6.07, 6.45) is 20.4. The summed E-state index contributed by atoms with van der Waals surface area (Å²) in [5, 5.41) is 4.07. The molecular weight excluding hydrogens is 254 g/mol. The van der Waals surface area contributed by atoms with Gasteiger partial charge in [0, 0.05) is 12.1 Å². The molecule has 0 aliphatic heterocycles. The van der Waals surface area contributed by atoms with E-state index >= 15 is 0 Å². The van der Waals surface area contributed by atoms with Crippen molar-refractivity contribution in [2.75, 3.05) is 0 Å². The number of nitrogens with one attached hydrogen (secondary N) is 1. The van der Waals surface area contributed by atoms with Gasteiger partial charge in [-0.1, -0.05) is 71.6 Å². The van der Waals surface area contributed by atoms with E-state index in [1.165, 1.54) is 89.9 Å². The van der Waals surface area contributed by atoms with Crippen molar-refractivity contribution in [3.63, 3.8) is 0 Å². The molecule has 0 saturated heterocycles. The van der Waals surface area contributed by atoms with Crippen LogP contribution in [-0.4, -0.2) is 12.1 Å². The van der Waals surface area contributed by atoms with Crippen LogP contribution in [0.5, 0.6) is 0 Å². The molecule has 2 fully saturated rings. The summed E-state index contributed by atoms with van der Waals surface area (Å²) < 4.78 is 0. The van der Waals surface area contributed by atoms with Crippen molar-refractivity contribution < 1.29 is 0 Å². The van der Waals surface area contributed by atoms with E-state index in [0.29, 0.717) is 0 Å². The van der Waals surface area contributed by atoms with Crippen LogP contribution in [0, 0.1) is 11.8 Å². The molecule has 0 heterocycles. The third-order valence-electron chi connectivity index (χ3n) is 5.76. The van der Waals surface area contributed by atoms with Gasteiger partial charge in [0.1, 0.15) is 0 Å². The van der Waals surface area contributed by atoms with E-state index < -0.39 is 0 Å². The van der Waals surface area contributed by atoms with E-state index in [-0.39, 0.29) is 0 Å². The maximum atomic E-state index is 4.07. The van der Waals surface area contributed by atoms with E-state index in [0.717, 1.165) is 23.9 Å². The molecule has 0 radical (unpaired) electrons. The van der Waals surface area contributed by atoms with Crippen LogP contribution in [0.1, 0.15) is 104 Å². The van der Waals surface area contributed by atoms with Crippen molar-refractivity contribution in [3.05, 3.63) is 0 Å². The molecular formula is C20H39N. The molecule has 0 bridgehead atoms. The molecule has 0 spiro atoms. The summed E-state index contributed by atoms with van der Waals surface area (Å²) in [4.78, 5) is 0. The van der Waals surface area contributed by atoms with Crippen LogP contribution in [0.3, 0.4) is 0 Å². The molecule has 1 nitrogen and oxygen atoms in total. The van der Waals surface area contributed by atoms with Gasteiger partial charge in [0.2, 0.25) is 0 Å². The fourth-order valence-electron chi connectivity index (χ4n) is 4.75. The van der Waals surface area contributed by atoms with Crippen molar-refractivity contribution in [2.45, 2.75) is 116 Å². The summed E-state index contributed by atoms with van der Waals surface area (Å²) in [5.41, 5.74) is 0. The van der Waals surface area contributed by atoms with Gasteiger partial charge in [0.05, 0.1) is 0 Å². The van der Waals surface area contributed by atoms with E-state index in [1.807, 2.05) is 0 Å². The van der Waals surface area contributed by atoms with Gasteiger partial charge in [0.15, 0.2) is 0 Å². The average Bonchev–Trinajstić information content (AvgIpc) is 2.40. The van der Waals surface area contributed by atoms with E-state index in [4.69, 9.17) is 0 Å². The zero-order chi connectivity index (χ0) is 14.9. The Hall–Kier alpha value is -0.0400. The number of rotatable bonds is 2. The minimum Gasteiger partial charge on any atom is -0.311 e. The molecule has 1 N–H and O–H groups in total. The smallest absolute Gasteiger partial charge is 0.00747 e. The minimum absolute atomic E-state index is 0.807. The second kappa shape index (κ2) is 9.87. The Balaban J connectivity index is 1.76. The number of hydrogen-bond acceptors (Lipinski definition) is 1. The fourth-order valence-corrected chi connectivity index (χ4v) is 4.75. The Bertz CT molecular complexity index is 241. The SMILES string of the molecule is CC1CC(C)CC(NC2CCCCCCCCCCC2)C1. The highest BCUT2D eigenvalue weighted by atomic mass is 15.0. The largest absolute Gasteiger partial charge is 0.311 e. The van der Waals surface area contributed by atoms with Crippen molar-refractivity contribution >= 4 is 0 Å². The molecule has 2 aliphatic carbocycles. The standard InChI is InChI=1S/C20H39N/c1-17-14-18(2)16-20(15-17)21-19-12-10-8-6-4-3-5-7-9-11-13-19/h17-21H,3-16H2,1-2H3. The van der Waals surface area contributed by atoms with Crippen LogP contribution >= 0.6 is 0 Å². The van der Waals surface area contributed by atoms with Crippen LogP contribution in [0.2, 0.25) is 0 Å². The molecule has 2 aliphatic rings. The van der Waals surface area contributed by atoms with Gasteiger partial charge < -0.3 is 5.32 Å². The van der Waals surface area contributed by atoms with Crippen molar-refractivity contribution in [1.82, 2.24) is 5.32 Å². The Morgan fingerprint density at radius 3 is 1.43 bits per heavy atom. The van der Waals surface area contributed by atoms with Crippen LogP contribution in [-0.2, 0) is 0 Å². The van der Waals surface area contributed by atoms with Crippen LogP contribution in [0.15, 0.2) is 0 Å². The molecule has 0 amide bonds. The lowest BCUT2D eigenvalue weighted by Crippen LogP contribution is -2.42. The number of hydrogen-bond donors (Lipinski definition) is 1. The highest BCUT2D eigenvalue weighted by molar-refractivity contribution is 4.82. The lowest BCUT2D eigenvalue weighted by molar-refractivity contribution is 0.217. The molecule has 2 atom stereocenters. The van der Waals surface area contributed by atoms with Gasteiger partial charge in [-0.25, -0.2) is 0 Å². The van der Waals surface area contributed by atoms with Crippen LogP contribution in [0.25, 0.3) is 0 Å². The highest BCUT2D eigenvalue weighted by Crippen LogP contribution is 2.29. The monoisotopic (exact) mass is 293 g/mol. The topological polar surface area (TPSA) is 12.0 Å². The summed E-state index contributed by atoms with van der Waals surface area (Å²) in [5.74, 6) is 1.86. The van der Waals surface area contributed by atoms with Gasteiger partial charge in [-0.2, -0.15) is 0 Å². The first-order valence-electron chi connectivity index (χ1n) is 10.00. The Morgan fingerprint density at radius 2 is 0.952 bits per heavy atom. The van der Waals surface area contributed by atoms with E-state index in [2.05, 4.69) is 19.2 Å². The Morgan fingerprint density at radius 1 is 0.524 bits per heavy atom. The maximum Gasteiger partial charge on any atom is 0.00747 e. The zero-order valence-electron chi connectivity index (χ0n) is 14.7. The van der Waals surface area contributed by atoms with Crippen molar-refractivity contribution in [3.8, 4) is 0 Å². The lowest BCUT2D eigenvalue weighted by Gasteiger charge is -2.35. The van der Waals surface area contributed by atoms with Crippen LogP contribution in [0.4, 0.5) is 0 Å². The fraction of sp³-hybridized carbons (Fsp3) is 1.00. The molecule has 2 unspecified atom stereocenters. The Labute approximate surface area is 133 Å². The lowest BCUT2D eigenvalue weighted by atomic mass is 9.80. The third kappa shape index (κ3) is 7.17. The van der Waals surface area contributed by atoms with Gasteiger partial charge in [-0.15, -0.1) is 0 Å².